The summed E-state index contributed by atoms with van der Waals surface area (Å²) in [7, 11) is 0. The lowest BCUT2D eigenvalue weighted by atomic mass is 10.0. The van der Waals surface area contributed by atoms with Crippen molar-refractivity contribution in [3.63, 3.8) is 0 Å². The molecule has 0 atom stereocenters. The summed E-state index contributed by atoms with van der Waals surface area (Å²) < 4.78 is 11.2. The van der Waals surface area contributed by atoms with Gasteiger partial charge in [-0.05, 0) is 56.2 Å². The number of carbonyl (C=O) groups is 1. The Morgan fingerprint density at radius 1 is 0.897 bits per heavy atom. The SMILES string of the molecule is Cc1cc(C)c(NC(=O)c2cc(Nc3ccc4c(c3)OCCO4)ccn2)c(C)c1. The molecule has 2 N–H and O–H groups in total. The van der Waals surface area contributed by atoms with Crippen molar-refractivity contribution in [1.82, 2.24) is 4.98 Å². The monoisotopic (exact) mass is 389 g/mol. The summed E-state index contributed by atoms with van der Waals surface area (Å²) in [6.07, 6.45) is 1.62. The summed E-state index contributed by atoms with van der Waals surface area (Å²) in [4.78, 5) is 17.0. The first kappa shape index (κ1) is 18.8. The van der Waals surface area contributed by atoms with Crippen LogP contribution in [0.2, 0.25) is 0 Å². The van der Waals surface area contributed by atoms with Gasteiger partial charge in [-0.3, -0.25) is 9.78 Å². The molecule has 0 unspecified atom stereocenters. The molecule has 0 fully saturated rings. The first-order valence-corrected chi connectivity index (χ1v) is 9.51. The summed E-state index contributed by atoms with van der Waals surface area (Å²) in [6, 6.07) is 13.3. The van der Waals surface area contributed by atoms with E-state index in [1.165, 1.54) is 5.56 Å². The number of anilines is 3. The summed E-state index contributed by atoms with van der Waals surface area (Å²) in [6.45, 7) is 7.11. The first-order valence-electron chi connectivity index (χ1n) is 9.51. The van der Waals surface area contributed by atoms with E-state index in [0.29, 0.717) is 24.7 Å². The number of hydrogen-bond donors (Lipinski definition) is 2. The number of pyridine rings is 1. The van der Waals surface area contributed by atoms with Crippen LogP contribution in [0.25, 0.3) is 0 Å². The number of amides is 1. The van der Waals surface area contributed by atoms with Crippen molar-refractivity contribution in [1.29, 1.82) is 0 Å². The number of fused-ring (bicyclic) bond motifs is 1. The predicted octanol–water partition coefficient (Wildman–Crippen LogP) is 4.77. The average Bonchev–Trinajstić information content (AvgIpc) is 2.70. The van der Waals surface area contributed by atoms with Crippen LogP contribution < -0.4 is 20.1 Å². The fourth-order valence-corrected chi connectivity index (χ4v) is 3.48. The zero-order valence-corrected chi connectivity index (χ0v) is 16.7. The van der Waals surface area contributed by atoms with Crippen LogP contribution in [0.5, 0.6) is 11.5 Å². The van der Waals surface area contributed by atoms with Crippen molar-refractivity contribution < 1.29 is 14.3 Å². The third kappa shape index (κ3) is 4.16. The van der Waals surface area contributed by atoms with Gasteiger partial charge in [-0.15, -0.1) is 0 Å². The first-order chi connectivity index (χ1) is 14.0. The molecule has 4 rings (SSSR count). The fourth-order valence-electron chi connectivity index (χ4n) is 3.48. The Hall–Kier alpha value is -3.54. The van der Waals surface area contributed by atoms with Crippen molar-refractivity contribution in [3.8, 4) is 11.5 Å². The highest BCUT2D eigenvalue weighted by atomic mass is 16.6. The number of benzene rings is 2. The molecule has 1 aliphatic heterocycles. The largest absolute Gasteiger partial charge is 0.486 e. The topological polar surface area (TPSA) is 72.5 Å². The molecule has 29 heavy (non-hydrogen) atoms. The number of rotatable bonds is 4. The number of aromatic nitrogens is 1. The van der Waals surface area contributed by atoms with E-state index in [4.69, 9.17) is 9.47 Å². The Labute approximate surface area is 169 Å². The Kier molecular flexibility index (Phi) is 5.08. The van der Waals surface area contributed by atoms with Crippen LogP contribution in [-0.4, -0.2) is 24.1 Å². The van der Waals surface area contributed by atoms with Crippen LogP contribution in [0.3, 0.4) is 0 Å². The molecule has 0 spiro atoms. The lowest BCUT2D eigenvalue weighted by molar-refractivity contribution is 0.102. The quantitative estimate of drug-likeness (QED) is 0.672. The summed E-state index contributed by atoms with van der Waals surface area (Å²) in [5.74, 6) is 1.20. The zero-order chi connectivity index (χ0) is 20.4. The molecule has 1 amide bonds. The molecule has 0 saturated heterocycles. The number of nitrogens with one attached hydrogen (secondary N) is 2. The normalized spacial score (nSPS) is 12.4. The number of hydrogen-bond acceptors (Lipinski definition) is 5. The van der Waals surface area contributed by atoms with Crippen LogP contribution in [0.1, 0.15) is 27.2 Å². The van der Waals surface area contributed by atoms with E-state index in [9.17, 15) is 4.79 Å². The Morgan fingerprint density at radius 3 is 2.34 bits per heavy atom. The van der Waals surface area contributed by atoms with Crippen molar-refractivity contribution >= 4 is 23.0 Å². The molecule has 6 heteroatoms. The van der Waals surface area contributed by atoms with E-state index in [2.05, 4.69) is 27.8 Å². The number of nitrogens with zero attached hydrogens (tertiary/aromatic N) is 1. The third-order valence-corrected chi connectivity index (χ3v) is 4.74. The van der Waals surface area contributed by atoms with E-state index in [1.807, 2.05) is 45.0 Å². The van der Waals surface area contributed by atoms with E-state index in [1.54, 1.807) is 12.3 Å². The molecule has 1 aliphatic rings. The molecule has 2 aromatic carbocycles. The average molecular weight is 389 g/mol. The van der Waals surface area contributed by atoms with Gasteiger partial charge in [0.15, 0.2) is 11.5 Å². The summed E-state index contributed by atoms with van der Waals surface area (Å²) >= 11 is 0. The molecule has 0 radical (unpaired) electrons. The maximum atomic E-state index is 12.8. The smallest absolute Gasteiger partial charge is 0.274 e. The molecule has 6 nitrogen and oxygen atoms in total. The molecule has 0 bridgehead atoms. The van der Waals surface area contributed by atoms with Crippen molar-refractivity contribution in [2.45, 2.75) is 20.8 Å². The van der Waals surface area contributed by atoms with E-state index in [-0.39, 0.29) is 5.91 Å². The van der Waals surface area contributed by atoms with Gasteiger partial charge in [0.05, 0.1) is 0 Å². The standard InChI is InChI=1S/C23H23N3O3/c1-14-10-15(2)22(16(3)11-14)26-23(27)19-12-18(6-7-24-19)25-17-4-5-20-21(13-17)29-9-8-28-20/h4-7,10-13H,8-9H2,1-3H3,(H,24,25)(H,26,27). The van der Waals surface area contributed by atoms with Crippen molar-refractivity contribution in [2.75, 3.05) is 23.8 Å². The lowest BCUT2D eigenvalue weighted by Crippen LogP contribution is -2.16. The molecule has 0 aliphatic carbocycles. The molecule has 1 aromatic heterocycles. The minimum atomic E-state index is -0.245. The van der Waals surface area contributed by atoms with Gasteiger partial charge in [0.2, 0.25) is 0 Å². The second kappa shape index (κ2) is 7.83. The maximum Gasteiger partial charge on any atom is 0.274 e. The minimum absolute atomic E-state index is 0.245. The van der Waals surface area contributed by atoms with Crippen LogP contribution in [0, 0.1) is 20.8 Å². The Balaban J connectivity index is 1.52. The second-order valence-electron chi connectivity index (χ2n) is 7.14. The molecule has 3 aromatic rings. The maximum absolute atomic E-state index is 12.8. The molecular weight excluding hydrogens is 366 g/mol. The van der Waals surface area contributed by atoms with E-state index in [0.717, 1.165) is 33.9 Å². The van der Waals surface area contributed by atoms with Crippen LogP contribution in [0.15, 0.2) is 48.7 Å². The van der Waals surface area contributed by atoms with Gasteiger partial charge in [0.25, 0.3) is 5.91 Å². The van der Waals surface area contributed by atoms with Gasteiger partial charge in [0.1, 0.15) is 18.9 Å². The zero-order valence-electron chi connectivity index (χ0n) is 16.7. The van der Waals surface area contributed by atoms with Crippen LogP contribution in [0.4, 0.5) is 17.1 Å². The third-order valence-electron chi connectivity index (χ3n) is 4.74. The summed E-state index contributed by atoms with van der Waals surface area (Å²) in [5, 5.41) is 6.28. The van der Waals surface area contributed by atoms with Crippen molar-refractivity contribution in [3.05, 3.63) is 71.0 Å². The van der Waals surface area contributed by atoms with Crippen LogP contribution >= 0.6 is 0 Å². The van der Waals surface area contributed by atoms with Gasteiger partial charge < -0.3 is 20.1 Å². The van der Waals surface area contributed by atoms with Crippen molar-refractivity contribution in [2.24, 2.45) is 0 Å². The minimum Gasteiger partial charge on any atom is -0.486 e. The molecular formula is C23H23N3O3. The summed E-state index contributed by atoms with van der Waals surface area (Å²) in [5.41, 5.74) is 6.00. The van der Waals surface area contributed by atoms with Gasteiger partial charge in [-0.2, -0.15) is 0 Å². The number of ether oxygens (including phenoxy) is 2. The fraction of sp³-hybridized carbons (Fsp3) is 0.217. The molecule has 0 saturated carbocycles. The lowest BCUT2D eigenvalue weighted by Gasteiger charge is -2.19. The number of aryl methyl sites for hydroxylation is 3. The Morgan fingerprint density at radius 2 is 1.59 bits per heavy atom. The highest BCUT2D eigenvalue weighted by Crippen LogP contribution is 2.33. The van der Waals surface area contributed by atoms with E-state index >= 15 is 0 Å². The Bertz CT molecular complexity index is 1060. The van der Waals surface area contributed by atoms with Crippen LogP contribution in [-0.2, 0) is 0 Å². The van der Waals surface area contributed by atoms with Gasteiger partial charge in [-0.1, -0.05) is 17.7 Å². The van der Waals surface area contributed by atoms with E-state index < -0.39 is 0 Å². The van der Waals surface area contributed by atoms with Gasteiger partial charge >= 0.3 is 0 Å². The highest BCUT2D eigenvalue weighted by Gasteiger charge is 2.14. The second-order valence-corrected chi connectivity index (χ2v) is 7.14. The molecule has 2 heterocycles. The molecule has 148 valence electrons. The number of carbonyl (C=O) groups excluding carboxylic acids is 1. The van der Waals surface area contributed by atoms with Gasteiger partial charge in [0, 0.05) is 29.3 Å². The van der Waals surface area contributed by atoms with Gasteiger partial charge in [-0.25, -0.2) is 0 Å². The highest BCUT2D eigenvalue weighted by molar-refractivity contribution is 6.04. The predicted molar refractivity (Wildman–Crippen MR) is 114 cm³/mol.